The summed E-state index contributed by atoms with van der Waals surface area (Å²) in [5, 5.41) is 0.681. The van der Waals surface area contributed by atoms with Crippen LogP contribution in [0.3, 0.4) is 0 Å². The average Bonchev–Trinajstić information content (AvgIpc) is 3.41. The number of halogens is 3. The van der Waals surface area contributed by atoms with Crippen LogP contribution in [0.25, 0.3) is 21.8 Å². The Morgan fingerprint density at radius 3 is 2.67 bits per heavy atom. The molecule has 4 rings (SSSR count). The van der Waals surface area contributed by atoms with Gasteiger partial charge in [-0.3, -0.25) is 9.36 Å². The van der Waals surface area contributed by atoms with E-state index in [1.54, 1.807) is 48.1 Å². The highest BCUT2D eigenvalue weighted by molar-refractivity contribution is 7.16. The first kappa shape index (κ1) is 22.6. The minimum Gasteiger partial charge on any atom is -0.496 e. The Labute approximate surface area is 191 Å². The number of rotatable bonds is 7. The smallest absolute Gasteiger partial charge is 0.416 e. The fraction of sp³-hybridized carbons (Fsp3) is 0.167. The van der Waals surface area contributed by atoms with Crippen molar-refractivity contribution >= 4 is 34.4 Å². The largest absolute Gasteiger partial charge is 0.496 e. The molecule has 5 nitrogen and oxygen atoms in total. The van der Waals surface area contributed by atoms with Crippen LogP contribution in [0.2, 0.25) is 0 Å². The van der Waals surface area contributed by atoms with Crippen molar-refractivity contribution in [2.24, 2.45) is 0 Å². The molecule has 0 aliphatic rings. The highest BCUT2D eigenvalue weighted by Crippen LogP contribution is 2.41. The molecule has 0 spiro atoms. The standard InChI is InChI=1S/C24H19F3N2O3S/c1-14(17-6-4-5-7-18(17)24(25,26)27)32-21-11-22(33-23(21)15(2)31-3)29-13-28-19-9-8-16(12-30)10-20(19)29/h4-14H,2H2,1,3H3/t14-/m1/s1. The minimum atomic E-state index is -4.50. The molecule has 2 aromatic carbocycles. The summed E-state index contributed by atoms with van der Waals surface area (Å²) < 4.78 is 53.5. The van der Waals surface area contributed by atoms with Crippen LogP contribution in [0.4, 0.5) is 13.2 Å². The predicted molar refractivity (Wildman–Crippen MR) is 121 cm³/mol. The quantitative estimate of drug-likeness (QED) is 0.223. The first-order valence-corrected chi connectivity index (χ1v) is 10.7. The van der Waals surface area contributed by atoms with Gasteiger partial charge in [0.05, 0.1) is 23.7 Å². The molecule has 1 atom stereocenters. The average molecular weight is 472 g/mol. The molecular formula is C24H19F3N2O3S. The minimum absolute atomic E-state index is 0.0236. The Balaban J connectivity index is 1.76. The molecule has 0 amide bonds. The van der Waals surface area contributed by atoms with Crippen LogP contribution in [0.5, 0.6) is 5.75 Å². The van der Waals surface area contributed by atoms with E-state index in [1.807, 2.05) is 0 Å². The summed E-state index contributed by atoms with van der Waals surface area (Å²) in [6.45, 7) is 5.44. The van der Waals surface area contributed by atoms with Crippen LogP contribution < -0.4 is 4.74 Å². The molecule has 2 aromatic heterocycles. The van der Waals surface area contributed by atoms with Gasteiger partial charge >= 0.3 is 6.18 Å². The zero-order chi connectivity index (χ0) is 23.8. The maximum absolute atomic E-state index is 13.5. The molecule has 4 aromatic rings. The third kappa shape index (κ3) is 4.36. The molecule has 0 radical (unpaired) electrons. The van der Waals surface area contributed by atoms with Gasteiger partial charge in [-0.05, 0) is 31.2 Å². The van der Waals surface area contributed by atoms with Crippen LogP contribution in [0.1, 0.15) is 39.4 Å². The van der Waals surface area contributed by atoms with E-state index < -0.39 is 17.8 Å². The van der Waals surface area contributed by atoms with Crippen molar-refractivity contribution in [3.05, 3.63) is 83.0 Å². The number of thiophene rings is 1. The van der Waals surface area contributed by atoms with Gasteiger partial charge < -0.3 is 9.47 Å². The van der Waals surface area contributed by atoms with Crippen molar-refractivity contribution in [3.63, 3.8) is 0 Å². The fourth-order valence-electron chi connectivity index (χ4n) is 3.49. The number of fused-ring (bicyclic) bond motifs is 1. The van der Waals surface area contributed by atoms with Crippen molar-refractivity contribution in [1.29, 1.82) is 0 Å². The molecule has 0 saturated heterocycles. The van der Waals surface area contributed by atoms with Crippen molar-refractivity contribution in [2.75, 3.05) is 7.11 Å². The molecule has 0 aliphatic carbocycles. The third-order valence-corrected chi connectivity index (χ3v) is 6.29. The van der Waals surface area contributed by atoms with Gasteiger partial charge in [0.2, 0.25) is 0 Å². The lowest BCUT2D eigenvalue weighted by molar-refractivity contribution is -0.138. The van der Waals surface area contributed by atoms with Crippen molar-refractivity contribution in [3.8, 4) is 10.8 Å². The number of aldehydes is 1. The summed E-state index contributed by atoms with van der Waals surface area (Å²) in [6.07, 6.45) is -3.04. The van der Waals surface area contributed by atoms with Crippen LogP contribution in [0.15, 0.2) is 61.4 Å². The van der Waals surface area contributed by atoms with Gasteiger partial charge in [-0.25, -0.2) is 4.98 Å². The maximum atomic E-state index is 13.5. The van der Waals surface area contributed by atoms with Gasteiger partial charge in [0.25, 0.3) is 0 Å². The van der Waals surface area contributed by atoms with E-state index in [0.29, 0.717) is 38.0 Å². The van der Waals surface area contributed by atoms with E-state index in [4.69, 9.17) is 9.47 Å². The summed E-state index contributed by atoms with van der Waals surface area (Å²) in [4.78, 5) is 16.1. The molecule has 0 aliphatic heterocycles. The normalized spacial score (nSPS) is 12.5. The predicted octanol–water partition coefficient (Wildman–Crippen LogP) is 6.68. The highest BCUT2D eigenvalue weighted by Gasteiger charge is 2.35. The highest BCUT2D eigenvalue weighted by atomic mass is 32.1. The summed E-state index contributed by atoms with van der Waals surface area (Å²) >= 11 is 1.29. The number of ether oxygens (including phenoxy) is 2. The van der Waals surface area contributed by atoms with Gasteiger partial charge in [-0.1, -0.05) is 24.8 Å². The number of imidazole rings is 1. The van der Waals surface area contributed by atoms with E-state index in [9.17, 15) is 18.0 Å². The van der Waals surface area contributed by atoms with Gasteiger partial charge in [0.1, 0.15) is 40.1 Å². The first-order valence-electron chi connectivity index (χ1n) is 9.85. The summed E-state index contributed by atoms with van der Waals surface area (Å²) in [5.74, 6) is 0.648. The number of carbonyl (C=O) groups excluding carboxylic acids is 1. The lowest BCUT2D eigenvalue weighted by Gasteiger charge is -2.20. The second kappa shape index (κ2) is 8.74. The summed E-state index contributed by atoms with van der Waals surface area (Å²) in [5.41, 5.74) is 1.17. The Kier molecular flexibility index (Phi) is 5.99. The molecule has 33 heavy (non-hydrogen) atoms. The number of hydrogen-bond donors (Lipinski definition) is 0. The molecule has 0 bridgehead atoms. The van der Waals surface area contributed by atoms with Gasteiger partial charge in [-0.2, -0.15) is 13.2 Å². The Morgan fingerprint density at radius 1 is 1.21 bits per heavy atom. The number of hydrogen-bond acceptors (Lipinski definition) is 5. The second-order valence-electron chi connectivity index (χ2n) is 7.23. The number of methoxy groups -OCH3 is 1. The molecule has 0 unspecified atom stereocenters. The number of nitrogens with zero attached hydrogens (tertiary/aromatic N) is 2. The lowest BCUT2D eigenvalue weighted by Crippen LogP contribution is -2.13. The maximum Gasteiger partial charge on any atom is 0.416 e. The lowest BCUT2D eigenvalue weighted by atomic mass is 10.0. The van der Waals surface area contributed by atoms with Crippen molar-refractivity contribution in [2.45, 2.75) is 19.2 Å². The fourth-order valence-corrected chi connectivity index (χ4v) is 4.52. The molecule has 0 fully saturated rings. The van der Waals surface area contributed by atoms with E-state index >= 15 is 0 Å². The number of carbonyl (C=O) groups is 1. The topological polar surface area (TPSA) is 53.4 Å². The van der Waals surface area contributed by atoms with Crippen LogP contribution in [-0.4, -0.2) is 22.9 Å². The van der Waals surface area contributed by atoms with Gasteiger partial charge in [-0.15, -0.1) is 11.3 Å². The summed E-state index contributed by atoms with van der Waals surface area (Å²) in [6, 6.07) is 12.1. The second-order valence-corrected chi connectivity index (χ2v) is 8.26. The van der Waals surface area contributed by atoms with Crippen LogP contribution in [0, 0.1) is 0 Å². The molecule has 0 saturated carbocycles. The first-order chi connectivity index (χ1) is 15.7. The Bertz CT molecular complexity index is 1340. The number of alkyl halides is 3. The third-order valence-electron chi connectivity index (χ3n) is 5.14. The van der Waals surface area contributed by atoms with E-state index in [1.165, 1.54) is 30.6 Å². The van der Waals surface area contributed by atoms with Crippen molar-refractivity contribution in [1.82, 2.24) is 9.55 Å². The molecule has 170 valence electrons. The van der Waals surface area contributed by atoms with Gasteiger partial charge in [0.15, 0.2) is 0 Å². The zero-order valence-corrected chi connectivity index (χ0v) is 18.5. The Hall–Kier alpha value is -3.59. The van der Waals surface area contributed by atoms with Crippen LogP contribution in [-0.2, 0) is 10.9 Å². The number of benzene rings is 2. The molecular weight excluding hydrogens is 453 g/mol. The number of aromatic nitrogens is 2. The van der Waals surface area contributed by atoms with E-state index in [0.717, 1.165) is 12.4 Å². The SMILES string of the molecule is C=C(OC)c1sc(-n2cnc3ccc(C=O)cc32)cc1O[C@H](C)c1ccccc1C(F)(F)F. The van der Waals surface area contributed by atoms with E-state index in [2.05, 4.69) is 11.6 Å². The molecule has 0 N–H and O–H groups in total. The monoisotopic (exact) mass is 472 g/mol. The van der Waals surface area contributed by atoms with Crippen LogP contribution >= 0.6 is 11.3 Å². The zero-order valence-electron chi connectivity index (χ0n) is 17.7. The molecule has 9 heteroatoms. The van der Waals surface area contributed by atoms with Gasteiger partial charge in [0, 0.05) is 17.2 Å². The Morgan fingerprint density at radius 2 is 1.97 bits per heavy atom. The molecule has 2 heterocycles. The summed E-state index contributed by atoms with van der Waals surface area (Å²) in [7, 11) is 1.46. The van der Waals surface area contributed by atoms with E-state index in [-0.39, 0.29) is 5.56 Å². The van der Waals surface area contributed by atoms with Crippen molar-refractivity contribution < 1.29 is 27.4 Å².